The first-order chi connectivity index (χ1) is 13.2. The first-order valence-electron chi connectivity index (χ1n) is 8.86. The zero-order chi connectivity index (χ0) is 18.8. The number of anilines is 1. The Bertz CT molecular complexity index is 1020. The molecule has 0 saturated heterocycles. The molecule has 0 atom stereocenters. The molecule has 0 fully saturated rings. The average Bonchev–Trinajstić information content (AvgIpc) is 2.71. The normalized spacial score (nSPS) is 13.3. The van der Waals surface area contributed by atoms with Gasteiger partial charge in [0.1, 0.15) is 10.8 Å². The maximum atomic E-state index is 12.7. The molecule has 2 heterocycles. The van der Waals surface area contributed by atoms with Crippen molar-refractivity contribution in [3.8, 4) is 5.75 Å². The summed E-state index contributed by atoms with van der Waals surface area (Å²) in [5.41, 5.74) is 3.83. The Labute approximate surface area is 162 Å². The van der Waals surface area contributed by atoms with Crippen LogP contribution in [0.4, 0.5) is 5.69 Å². The molecule has 0 aliphatic carbocycles. The highest BCUT2D eigenvalue weighted by Gasteiger charge is 2.22. The molecule has 0 N–H and O–H groups in total. The van der Waals surface area contributed by atoms with E-state index < -0.39 is 0 Å². The predicted molar refractivity (Wildman–Crippen MR) is 107 cm³/mol. The minimum Gasteiger partial charge on any atom is -0.496 e. The number of fused-ring (bicyclic) bond motifs is 1. The van der Waals surface area contributed by atoms with Crippen molar-refractivity contribution in [1.82, 2.24) is 9.78 Å². The zero-order valence-corrected chi connectivity index (χ0v) is 15.8. The second-order valence-corrected chi connectivity index (χ2v) is 6.94. The van der Waals surface area contributed by atoms with Crippen LogP contribution in [0.1, 0.15) is 16.7 Å². The summed E-state index contributed by atoms with van der Waals surface area (Å²) < 4.78 is 6.86. The molecule has 0 unspecified atom stereocenters. The van der Waals surface area contributed by atoms with E-state index in [0.717, 1.165) is 24.3 Å². The summed E-state index contributed by atoms with van der Waals surface area (Å²) in [6.07, 6.45) is 2.53. The van der Waals surface area contributed by atoms with Crippen molar-refractivity contribution in [1.29, 1.82) is 0 Å². The van der Waals surface area contributed by atoms with E-state index in [1.807, 2.05) is 42.5 Å². The van der Waals surface area contributed by atoms with Crippen molar-refractivity contribution < 1.29 is 4.74 Å². The van der Waals surface area contributed by atoms with E-state index in [2.05, 4.69) is 16.1 Å². The van der Waals surface area contributed by atoms with Gasteiger partial charge in [-0.2, -0.15) is 5.10 Å². The highest BCUT2D eigenvalue weighted by atomic mass is 35.5. The van der Waals surface area contributed by atoms with Gasteiger partial charge in [0, 0.05) is 18.7 Å². The summed E-state index contributed by atoms with van der Waals surface area (Å²) in [6, 6.07) is 15.8. The first-order valence-corrected chi connectivity index (χ1v) is 9.24. The van der Waals surface area contributed by atoms with Gasteiger partial charge in [-0.1, -0.05) is 54.1 Å². The summed E-state index contributed by atoms with van der Waals surface area (Å²) in [7, 11) is 1.69. The lowest BCUT2D eigenvalue weighted by Gasteiger charge is -2.31. The number of ether oxygens (including phenoxy) is 1. The Balaban J connectivity index is 1.61. The van der Waals surface area contributed by atoms with E-state index in [1.165, 1.54) is 15.8 Å². The van der Waals surface area contributed by atoms with E-state index in [9.17, 15) is 4.79 Å². The average molecular weight is 382 g/mol. The Morgan fingerprint density at radius 3 is 2.74 bits per heavy atom. The van der Waals surface area contributed by atoms with Crippen LogP contribution in [0.2, 0.25) is 5.02 Å². The third kappa shape index (κ3) is 3.43. The zero-order valence-electron chi connectivity index (χ0n) is 15.1. The number of benzene rings is 2. The number of rotatable bonds is 4. The van der Waals surface area contributed by atoms with Crippen LogP contribution in [0.5, 0.6) is 5.75 Å². The summed E-state index contributed by atoms with van der Waals surface area (Å²) in [4.78, 5) is 14.8. The Morgan fingerprint density at radius 2 is 1.96 bits per heavy atom. The molecule has 1 aliphatic rings. The minimum atomic E-state index is -0.269. The SMILES string of the molecule is COc1cccc2c1CCN(c1cnn(Cc3ccccc3)c(=O)c1Cl)C2. The number of hydrogen-bond acceptors (Lipinski definition) is 4. The smallest absolute Gasteiger partial charge is 0.287 e. The third-order valence-electron chi connectivity index (χ3n) is 4.93. The van der Waals surface area contributed by atoms with Crippen LogP contribution in [0.25, 0.3) is 0 Å². The van der Waals surface area contributed by atoms with Gasteiger partial charge in [-0.3, -0.25) is 4.79 Å². The van der Waals surface area contributed by atoms with Gasteiger partial charge >= 0.3 is 0 Å². The van der Waals surface area contributed by atoms with E-state index in [0.29, 0.717) is 18.8 Å². The van der Waals surface area contributed by atoms with E-state index in [4.69, 9.17) is 16.3 Å². The van der Waals surface area contributed by atoms with Gasteiger partial charge in [0.15, 0.2) is 0 Å². The van der Waals surface area contributed by atoms with E-state index in [-0.39, 0.29) is 10.6 Å². The standard InChI is InChI=1S/C21H20ClN3O2/c1-27-19-9-5-8-16-14-24(11-10-17(16)19)18-12-23-25(21(26)20(18)22)13-15-6-3-2-4-7-15/h2-9,12H,10-11,13-14H2,1H3. The summed E-state index contributed by atoms with van der Waals surface area (Å²) >= 11 is 6.44. The van der Waals surface area contributed by atoms with Crippen molar-refractivity contribution in [2.45, 2.75) is 19.5 Å². The van der Waals surface area contributed by atoms with Crippen molar-refractivity contribution in [2.24, 2.45) is 0 Å². The van der Waals surface area contributed by atoms with Gasteiger partial charge in [-0.15, -0.1) is 0 Å². The van der Waals surface area contributed by atoms with E-state index >= 15 is 0 Å². The number of nitrogens with zero attached hydrogens (tertiary/aromatic N) is 3. The molecule has 6 heteroatoms. The van der Waals surface area contributed by atoms with Crippen LogP contribution in [-0.4, -0.2) is 23.4 Å². The van der Waals surface area contributed by atoms with Crippen LogP contribution in [0.3, 0.4) is 0 Å². The minimum absolute atomic E-state index is 0.215. The lowest BCUT2D eigenvalue weighted by molar-refractivity contribution is 0.407. The van der Waals surface area contributed by atoms with Crippen molar-refractivity contribution in [3.63, 3.8) is 0 Å². The highest BCUT2D eigenvalue weighted by Crippen LogP contribution is 2.31. The molecular formula is C21H20ClN3O2. The fourth-order valence-corrected chi connectivity index (χ4v) is 3.78. The predicted octanol–water partition coefficient (Wildman–Crippen LogP) is 3.52. The van der Waals surface area contributed by atoms with Gasteiger partial charge in [0.05, 0.1) is 25.5 Å². The summed E-state index contributed by atoms with van der Waals surface area (Å²) in [5, 5.41) is 4.57. The molecule has 5 nitrogen and oxygen atoms in total. The quantitative estimate of drug-likeness (QED) is 0.693. The van der Waals surface area contributed by atoms with Gasteiger partial charge in [-0.05, 0) is 23.6 Å². The first kappa shape index (κ1) is 17.6. The second-order valence-electron chi connectivity index (χ2n) is 6.56. The second kappa shape index (κ2) is 7.45. The van der Waals surface area contributed by atoms with Crippen LogP contribution in [-0.2, 0) is 19.5 Å². The van der Waals surface area contributed by atoms with Crippen LogP contribution < -0.4 is 15.2 Å². The molecular weight excluding hydrogens is 362 g/mol. The Kier molecular flexibility index (Phi) is 4.86. The van der Waals surface area contributed by atoms with Gasteiger partial charge in [-0.25, -0.2) is 4.68 Å². The molecule has 2 aromatic carbocycles. The Morgan fingerprint density at radius 1 is 1.15 bits per heavy atom. The van der Waals surface area contributed by atoms with Crippen molar-refractivity contribution in [3.05, 3.63) is 86.8 Å². The number of halogens is 1. The van der Waals surface area contributed by atoms with Crippen molar-refractivity contribution >= 4 is 17.3 Å². The van der Waals surface area contributed by atoms with Crippen LogP contribution >= 0.6 is 11.6 Å². The molecule has 0 bridgehead atoms. The molecule has 27 heavy (non-hydrogen) atoms. The number of methoxy groups -OCH3 is 1. The lowest BCUT2D eigenvalue weighted by Crippen LogP contribution is -2.33. The monoisotopic (exact) mass is 381 g/mol. The molecule has 0 radical (unpaired) electrons. The van der Waals surface area contributed by atoms with Crippen LogP contribution in [0, 0.1) is 0 Å². The molecule has 4 rings (SSSR count). The molecule has 0 amide bonds. The van der Waals surface area contributed by atoms with E-state index in [1.54, 1.807) is 13.3 Å². The van der Waals surface area contributed by atoms with Crippen LogP contribution in [0.15, 0.2) is 59.5 Å². The fourth-order valence-electron chi connectivity index (χ4n) is 3.52. The molecule has 1 aliphatic heterocycles. The molecule has 3 aromatic rings. The third-order valence-corrected chi connectivity index (χ3v) is 5.28. The van der Waals surface area contributed by atoms with Crippen molar-refractivity contribution in [2.75, 3.05) is 18.6 Å². The molecule has 0 saturated carbocycles. The molecule has 138 valence electrons. The largest absolute Gasteiger partial charge is 0.496 e. The number of aromatic nitrogens is 2. The fraction of sp³-hybridized carbons (Fsp3) is 0.238. The van der Waals surface area contributed by atoms with Gasteiger partial charge < -0.3 is 9.64 Å². The van der Waals surface area contributed by atoms with Gasteiger partial charge in [0.2, 0.25) is 0 Å². The summed E-state index contributed by atoms with van der Waals surface area (Å²) in [6.45, 7) is 1.84. The summed E-state index contributed by atoms with van der Waals surface area (Å²) in [5.74, 6) is 0.912. The van der Waals surface area contributed by atoms with Gasteiger partial charge in [0.25, 0.3) is 5.56 Å². The maximum absolute atomic E-state index is 12.7. The molecule has 1 aromatic heterocycles. The maximum Gasteiger partial charge on any atom is 0.287 e. The Hall–Kier alpha value is -2.79. The highest BCUT2D eigenvalue weighted by molar-refractivity contribution is 6.33. The topological polar surface area (TPSA) is 47.4 Å². The lowest BCUT2D eigenvalue weighted by atomic mass is 9.98. The number of hydrogen-bond donors (Lipinski definition) is 0. The molecule has 0 spiro atoms.